The predicted octanol–water partition coefficient (Wildman–Crippen LogP) is 3.16. The van der Waals surface area contributed by atoms with Gasteiger partial charge in [0.15, 0.2) is 0 Å². The highest BCUT2D eigenvalue weighted by Gasteiger charge is 2.12. The van der Waals surface area contributed by atoms with Crippen molar-refractivity contribution in [2.45, 2.75) is 26.7 Å². The molecular weight excluding hydrogens is 120 g/mol. The molecular formula is C10H16. The van der Waals surface area contributed by atoms with Crippen molar-refractivity contribution >= 4 is 0 Å². The van der Waals surface area contributed by atoms with Crippen LogP contribution in [0.3, 0.4) is 0 Å². The second-order valence-electron chi connectivity index (χ2n) is 3.33. The minimum atomic E-state index is -0.0199. The van der Waals surface area contributed by atoms with Crippen molar-refractivity contribution in [3.05, 3.63) is 24.3 Å². The molecule has 10 heavy (non-hydrogen) atoms. The van der Waals surface area contributed by atoms with Gasteiger partial charge in [-0.2, -0.15) is 0 Å². The van der Waals surface area contributed by atoms with E-state index < -0.39 is 0 Å². The monoisotopic (exact) mass is 138 g/mol. The molecule has 1 aliphatic carbocycles. The van der Waals surface area contributed by atoms with Crippen molar-refractivity contribution in [2.24, 2.45) is 11.8 Å². The maximum absolute atomic E-state index is 7.14. The summed E-state index contributed by atoms with van der Waals surface area (Å²) in [5.41, 5.74) is 0.881. The fourth-order valence-corrected chi connectivity index (χ4v) is 1.30. The molecule has 0 aliphatic heterocycles. The summed E-state index contributed by atoms with van der Waals surface area (Å²) in [7, 11) is 0. The van der Waals surface area contributed by atoms with Crippen molar-refractivity contribution in [3.8, 4) is 0 Å². The summed E-state index contributed by atoms with van der Waals surface area (Å²) in [4.78, 5) is 0. The molecule has 0 N–H and O–H groups in total. The van der Waals surface area contributed by atoms with Crippen LogP contribution in [0.1, 0.15) is 29.4 Å². The lowest BCUT2D eigenvalue weighted by Gasteiger charge is -2.20. The van der Waals surface area contributed by atoms with Crippen LogP contribution < -0.4 is 0 Å². The summed E-state index contributed by atoms with van der Waals surface area (Å²) in [6.07, 6.45) is 6.10. The molecule has 0 saturated carbocycles. The van der Waals surface area contributed by atoms with Gasteiger partial charge in [0.1, 0.15) is 0 Å². The van der Waals surface area contributed by atoms with Crippen LogP contribution in [0.15, 0.2) is 24.3 Å². The van der Waals surface area contributed by atoms with Crippen LogP contribution in [0.2, 0.25) is 0 Å². The van der Waals surface area contributed by atoms with Crippen molar-refractivity contribution in [1.82, 2.24) is 0 Å². The highest BCUT2D eigenvalue weighted by molar-refractivity contribution is 5.19. The molecule has 1 rings (SSSR count). The van der Waals surface area contributed by atoms with E-state index in [1.807, 2.05) is 6.08 Å². The predicted molar refractivity (Wildman–Crippen MR) is 45.8 cm³/mol. The SMILES string of the molecule is [2H]C([2H])=C1C=CC(C(C)C)CC1. The van der Waals surface area contributed by atoms with Crippen LogP contribution in [0.5, 0.6) is 0 Å². The van der Waals surface area contributed by atoms with E-state index in [-0.39, 0.29) is 6.53 Å². The summed E-state index contributed by atoms with van der Waals surface area (Å²) in [5, 5.41) is 0. The molecule has 0 saturated heterocycles. The number of hydrogen-bond acceptors (Lipinski definition) is 0. The van der Waals surface area contributed by atoms with Crippen LogP contribution >= 0.6 is 0 Å². The van der Waals surface area contributed by atoms with E-state index in [0.29, 0.717) is 11.8 Å². The molecule has 0 amide bonds. The zero-order chi connectivity index (χ0) is 9.14. The van der Waals surface area contributed by atoms with Crippen LogP contribution in [-0.2, 0) is 0 Å². The summed E-state index contributed by atoms with van der Waals surface area (Å²) in [6, 6.07) is 0. The highest BCUT2D eigenvalue weighted by atomic mass is 14.2. The first kappa shape index (κ1) is 5.17. The normalized spacial score (nSPS) is 28.3. The van der Waals surface area contributed by atoms with Gasteiger partial charge in [-0.3, -0.25) is 0 Å². The minimum absolute atomic E-state index is 0.0199. The Morgan fingerprint density at radius 3 is 3.00 bits per heavy atom. The van der Waals surface area contributed by atoms with Gasteiger partial charge in [-0.25, -0.2) is 0 Å². The maximum atomic E-state index is 7.14. The lowest BCUT2D eigenvalue weighted by molar-refractivity contribution is 0.429. The highest BCUT2D eigenvalue weighted by Crippen LogP contribution is 2.25. The fourth-order valence-electron chi connectivity index (χ4n) is 1.30. The second-order valence-corrected chi connectivity index (χ2v) is 3.33. The van der Waals surface area contributed by atoms with E-state index in [2.05, 4.69) is 19.9 Å². The summed E-state index contributed by atoms with van der Waals surface area (Å²) >= 11 is 0. The van der Waals surface area contributed by atoms with E-state index >= 15 is 0 Å². The molecule has 0 aromatic carbocycles. The second kappa shape index (κ2) is 3.05. The first-order chi connectivity index (χ1) is 5.61. The Morgan fingerprint density at radius 2 is 2.60 bits per heavy atom. The summed E-state index contributed by atoms with van der Waals surface area (Å²) < 4.78 is 14.3. The van der Waals surface area contributed by atoms with Crippen molar-refractivity contribution < 1.29 is 2.74 Å². The quantitative estimate of drug-likeness (QED) is 0.522. The van der Waals surface area contributed by atoms with Gasteiger partial charge in [-0.15, -0.1) is 0 Å². The van der Waals surface area contributed by atoms with E-state index in [0.717, 1.165) is 18.4 Å². The van der Waals surface area contributed by atoms with E-state index in [1.165, 1.54) is 0 Å². The van der Waals surface area contributed by atoms with E-state index in [9.17, 15) is 0 Å². The first-order valence-corrected chi connectivity index (χ1v) is 3.96. The molecule has 0 heteroatoms. The third kappa shape index (κ3) is 1.73. The molecule has 1 aliphatic rings. The first-order valence-electron chi connectivity index (χ1n) is 4.96. The molecule has 0 spiro atoms. The molecule has 0 nitrogen and oxygen atoms in total. The zero-order valence-corrected chi connectivity index (χ0v) is 6.72. The number of rotatable bonds is 1. The van der Waals surface area contributed by atoms with Crippen molar-refractivity contribution in [3.63, 3.8) is 0 Å². The Bertz CT molecular complexity index is 210. The third-order valence-electron chi connectivity index (χ3n) is 2.15. The molecule has 0 aromatic heterocycles. The summed E-state index contributed by atoms with van der Waals surface area (Å²) in [5.74, 6) is 1.33. The Balaban J connectivity index is 2.66. The molecule has 56 valence electrons. The van der Waals surface area contributed by atoms with Crippen molar-refractivity contribution in [2.75, 3.05) is 0 Å². The van der Waals surface area contributed by atoms with Gasteiger partial charge in [-0.1, -0.05) is 38.1 Å². The molecule has 1 atom stereocenters. The van der Waals surface area contributed by atoms with E-state index in [1.54, 1.807) is 0 Å². The smallest absolute Gasteiger partial charge is 0.0541 e. The molecule has 0 aromatic rings. The topological polar surface area (TPSA) is 0 Å². The van der Waals surface area contributed by atoms with Gasteiger partial charge in [0.05, 0.1) is 2.74 Å². The van der Waals surface area contributed by atoms with Gasteiger partial charge < -0.3 is 0 Å². The van der Waals surface area contributed by atoms with Crippen LogP contribution in [0, 0.1) is 11.8 Å². The fraction of sp³-hybridized carbons (Fsp3) is 0.600. The Hall–Kier alpha value is -0.520. The zero-order valence-electron chi connectivity index (χ0n) is 8.72. The van der Waals surface area contributed by atoms with E-state index in [4.69, 9.17) is 2.74 Å². The lowest BCUT2D eigenvalue weighted by atomic mass is 9.85. The van der Waals surface area contributed by atoms with Crippen LogP contribution in [-0.4, -0.2) is 0 Å². The van der Waals surface area contributed by atoms with Crippen LogP contribution in [0.4, 0.5) is 0 Å². The van der Waals surface area contributed by atoms with Gasteiger partial charge in [0.25, 0.3) is 0 Å². The average Bonchev–Trinajstić information content (AvgIpc) is 2.04. The van der Waals surface area contributed by atoms with Gasteiger partial charge in [0, 0.05) is 0 Å². The van der Waals surface area contributed by atoms with Gasteiger partial charge >= 0.3 is 0 Å². The van der Waals surface area contributed by atoms with Gasteiger partial charge in [-0.05, 0) is 24.7 Å². The molecule has 1 unspecified atom stereocenters. The molecule has 0 radical (unpaired) electrons. The summed E-state index contributed by atoms with van der Waals surface area (Å²) in [6.45, 7) is 4.41. The number of hydrogen-bond donors (Lipinski definition) is 0. The van der Waals surface area contributed by atoms with Crippen molar-refractivity contribution in [1.29, 1.82) is 0 Å². The Labute approximate surface area is 66.4 Å². The Kier molecular flexibility index (Phi) is 1.58. The largest absolute Gasteiger partial charge is 0.0958 e. The molecule has 0 bridgehead atoms. The molecule has 0 fully saturated rings. The molecule has 0 heterocycles. The minimum Gasteiger partial charge on any atom is -0.0958 e. The maximum Gasteiger partial charge on any atom is 0.0541 e. The standard InChI is InChI=1S/C10H16/c1-8(2)10-6-4-9(3)5-7-10/h4,6,8,10H,3,5,7H2,1-2H3/i3D2. The lowest BCUT2D eigenvalue weighted by Crippen LogP contribution is -2.08. The van der Waals surface area contributed by atoms with Crippen LogP contribution in [0.25, 0.3) is 0 Å². The average molecular weight is 138 g/mol. The third-order valence-corrected chi connectivity index (χ3v) is 2.15. The Morgan fingerprint density at radius 1 is 1.80 bits per heavy atom. The number of allylic oxidation sites excluding steroid dienone is 3. The van der Waals surface area contributed by atoms with Gasteiger partial charge in [0.2, 0.25) is 0 Å².